The van der Waals surface area contributed by atoms with Gasteiger partial charge in [0.2, 0.25) is 17.8 Å². The Hall–Kier alpha value is -3.34. The number of hydrogen-bond donors (Lipinski definition) is 2. The molecule has 0 unspecified atom stereocenters. The zero-order chi connectivity index (χ0) is 24.1. The predicted molar refractivity (Wildman–Crippen MR) is 127 cm³/mol. The maximum absolute atomic E-state index is 12.9. The molecule has 4 rings (SSSR count). The second-order valence-electron chi connectivity index (χ2n) is 7.69. The smallest absolute Gasteiger partial charge is 0.354 e. The van der Waals surface area contributed by atoms with Crippen molar-refractivity contribution in [3.63, 3.8) is 0 Å². The largest absolute Gasteiger partial charge is 0.416 e. The van der Waals surface area contributed by atoms with Crippen LogP contribution in [0.25, 0.3) is 0 Å². The number of anilines is 5. The highest BCUT2D eigenvalue weighted by atomic mass is 35.5. The third kappa shape index (κ3) is 5.77. The SMILES string of the molecule is CCCNc1nc(Nc2ccc(C(F)(F)F)cc2)nc(N2CCN(c3ncccc3Cl)CC2)n1. The average molecular weight is 493 g/mol. The summed E-state index contributed by atoms with van der Waals surface area (Å²) >= 11 is 6.28. The highest BCUT2D eigenvalue weighted by Gasteiger charge is 2.30. The molecule has 0 bridgehead atoms. The fourth-order valence-corrected chi connectivity index (χ4v) is 3.72. The molecule has 180 valence electrons. The van der Waals surface area contributed by atoms with Gasteiger partial charge in [-0.2, -0.15) is 28.1 Å². The molecule has 2 N–H and O–H groups in total. The molecule has 1 aliphatic rings. The van der Waals surface area contributed by atoms with Crippen LogP contribution in [0.5, 0.6) is 0 Å². The molecule has 12 heteroatoms. The maximum Gasteiger partial charge on any atom is 0.416 e. The Morgan fingerprint density at radius 2 is 1.62 bits per heavy atom. The van der Waals surface area contributed by atoms with Gasteiger partial charge in [-0.05, 0) is 42.8 Å². The normalized spacial score (nSPS) is 14.3. The van der Waals surface area contributed by atoms with E-state index in [1.165, 1.54) is 12.1 Å². The number of rotatable bonds is 7. The van der Waals surface area contributed by atoms with Crippen LogP contribution >= 0.6 is 11.6 Å². The number of piperazine rings is 1. The van der Waals surface area contributed by atoms with Crippen LogP contribution in [-0.2, 0) is 6.18 Å². The van der Waals surface area contributed by atoms with E-state index in [0.717, 1.165) is 24.4 Å². The van der Waals surface area contributed by atoms with Gasteiger partial charge >= 0.3 is 6.18 Å². The van der Waals surface area contributed by atoms with E-state index in [-0.39, 0.29) is 5.95 Å². The molecule has 0 radical (unpaired) electrons. The molecule has 0 atom stereocenters. The monoisotopic (exact) mass is 492 g/mol. The average Bonchev–Trinajstić information content (AvgIpc) is 2.83. The number of pyridine rings is 1. The third-order valence-electron chi connectivity index (χ3n) is 5.23. The van der Waals surface area contributed by atoms with E-state index in [9.17, 15) is 13.2 Å². The van der Waals surface area contributed by atoms with Crippen LogP contribution in [-0.4, -0.2) is 52.7 Å². The summed E-state index contributed by atoms with van der Waals surface area (Å²) in [5.74, 6) is 1.87. The summed E-state index contributed by atoms with van der Waals surface area (Å²) in [5, 5.41) is 6.74. The first-order valence-electron chi connectivity index (χ1n) is 10.9. The molecule has 3 heterocycles. The molecule has 1 aliphatic heterocycles. The number of hydrogen-bond acceptors (Lipinski definition) is 8. The first kappa shape index (κ1) is 23.8. The van der Waals surface area contributed by atoms with Crippen molar-refractivity contribution in [3.8, 4) is 0 Å². The zero-order valence-electron chi connectivity index (χ0n) is 18.5. The van der Waals surface area contributed by atoms with Gasteiger partial charge in [0, 0.05) is 44.6 Å². The first-order valence-corrected chi connectivity index (χ1v) is 11.3. The molecule has 1 aromatic carbocycles. The molecule has 1 saturated heterocycles. The number of nitrogens with zero attached hydrogens (tertiary/aromatic N) is 6. The number of halogens is 4. The van der Waals surface area contributed by atoms with Gasteiger partial charge in [-0.15, -0.1) is 0 Å². The molecule has 0 aliphatic carbocycles. The second kappa shape index (κ2) is 10.3. The standard InChI is InChI=1S/C22H24ClF3N8/c1-2-9-28-19-30-20(29-16-7-5-15(6-8-16)22(24,25)26)32-21(31-19)34-13-11-33(12-14-34)18-17(23)4-3-10-27-18/h3-8,10H,2,9,11-14H2,1H3,(H2,28,29,30,31,32). The predicted octanol–water partition coefficient (Wildman–Crippen LogP) is 4.83. The summed E-state index contributed by atoms with van der Waals surface area (Å²) < 4.78 is 38.6. The highest BCUT2D eigenvalue weighted by Crippen LogP contribution is 2.30. The summed E-state index contributed by atoms with van der Waals surface area (Å²) in [6.45, 7) is 5.35. The van der Waals surface area contributed by atoms with E-state index < -0.39 is 11.7 Å². The van der Waals surface area contributed by atoms with Gasteiger partial charge in [0.05, 0.1) is 10.6 Å². The Kier molecular flexibility index (Phi) is 7.20. The Balaban J connectivity index is 1.51. The topological polar surface area (TPSA) is 82.1 Å². The van der Waals surface area contributed by atoms with E-state index >= 15 is 0 Å². The molecule has 3 aromatic rings. The van der Waals surface area contributed by atoms with Gasteiger partial charge < -0.3 is 20.4 Å². The third-order valence-corrected chi connectivity index (χ3v) is 5.52. The number of nitrogens with one attached hydrogen (secondary N) is 2. The summed E-state index contributed by atoms with van der Waals surface area (Å²) in [6, 6.07) is 8.34. The maximum atomic E-state index is 12.9. The Morgan fingerprint density at radius 1 is 0.941 bits per heavy atom. The minimum Gasteiger partial charge on any atom is -0.354 e. The van der Waals surface area contributed by atoms with Gasteiger partial charge in [-0.3, -0.25) is 0 Å². The van der Waals surface area contributed by atoms with Gasteiger partial charge in [0.1, 0.15) is 5.82 Å². The van der Waals surface area contributed by atoms with E-state index in [1.807, 2.05) is 17.9 Å². The van der Waals surface area contributed by atoms with Crippen molar-refractivity contribution in [1.29, 1.82) is 0 Å². The summed E-state index contributed by atoms with van der Waals surface area (Å²) in [7, 11) is 0. The lowest BCUT2D eigenvalue weighted by Crippen LogP contribution is -2.47. The Labute approximate surface area is 200 Å². The lowest BCUT2D eigenvalue weighted by atomic mass is 10.2. The second-order valence-corrected chi connectivity index (χ2v) is 8.10. The van der Waals surface area contributed by atoms with Crippen molar-refractivity contribution in [2.75, 3.05) is 53.2 Å². The molecule has 34 heavy (non-hydrogen) atoms. The van der Waals surface area contributed by atoms with Crippen LogP contribution in [0.4, 0.5) is 42.5 Å². The molecule has 1 fully saturated rings. The molecule has 0 saturated carbocycles. The fraction of sp³-hybridized carbons (Fsp3) is 0.364. The highest BCUT2D eigenvalue weighted by molar-refractivity contribution is 6.32. The summed E-state index contributed by atoms with van der Waals surface area (Å²) in [6.07, 6.45) is -1.80. The van der Waals surface area contributed by atoms with E-state index in [2.05, 4.69) is 35.5 Å². The van der Waals surface area contributed by atoms with Crippen LogP contribution in [0.15, 0.2) is 42.6 Å². The quantitative estimate of drug-likeness (QED) is 0.485. The lowest BCUT2D eigenvalue weighted by molar-refractivity contribution is -0.137. The Morgan fingerprint density at radius 3 is 2.26 bits per heavy atom. The van der Waals surface area contributed by atoms with Gasteiger partial charge in [-0.25, -0.2) is 4.98 Å². The van der Waals surface area contributed by atoms with Crippen molar-refractivity contribution in [2.45, 2.75) is 19.5 Å². The zero-order valence-corrected chi connectivity index (χ0v) is 19.2. The van der Waals surface area contributed by atoms with Gasteiger partial charge in [0.15, 0.2) is 0 Å². The van der Waals surface area contributed by atoms with Crippen molar-refractivity contribution in [1.82, 2.24) is 19.9 Å². The first-order chi connectivity index (χ1) is 16.3. The number of benzene rings is 1. The van der Waals surface area contributed by atoms with Crippen LogP contribution in [0.3, 0.4) is 0 Å². The minimum atomic E-state index is -4.39. The number of alkyl halides is 3. The molecule has 8 nitrogen and oxygen atoms in total. The lowest BCUT2D eigenvalue weighted by Gasteiger charge is -2.35. The van der Waals surface area contributed by atoms with Crippen LogP contribution in [0.2, 0.25) is 5.02 Å². The fourth-order valence-electron chi connectivity index (χ4n) is 3.48. The van der Waals surface area contributed by atoms with E-state index in [4.69, 9.17) is 11.6 Å². The van der Waals surface area contributed by atoms with Gasteiger partial charge in [-0.1, -0.05) is 18.5 Å². The van der Waals surface area contributed by atoms with Crippen LogP contribution in [0, 0.1) is 0 Å². The summed E-state index contributed by atoms with van der Waals surface area (Å²) in [5.41, 5.74) is -0.272. The van der Waals surface area contributed by atoms with E-state index in [0.29, 0.717) is 55.3 Å². The minimum absolute atomic E-state index is 0.249. The number of aromatic nitrogens is 4. The molecule has 0 spiro atoms. The van der Waals surface area contributed by atoms with Gasteiger partial charge in [0.25, 0.3) is 0 Å². The van der Waals surface area contributed by atoms with Crippen LogP contribution < -0.4 is 20.4 Å². The summed E-state index contributed by atoms with van der Waals surface area (Å²) in [4.78, 5) is 21.9. The van der Waals surface area contributed by atoms with Crippen molar-refractivity contribution >= 4 is 41.0 Å². The molecular weight excluding hydrogens is 469 g/mol. The molecule has 0 amide bonds. The Bertz CT molecular complexity index is 1100. The molecule has 2 aromatic heterocycles. The van der Waals surface area contributed by atoms with Crippen molar-refractivity contribution in [3.05, 3.63) is 53.2 Å². The van der Waals surface area contributed by atoms with Crippen molar-refractivity contribution in [2.24, 2.45) is 0 Å². The van der Waals surface area contributed by atoms with Crippen molar-refractivity contribution < 1.29 is 13.2 Å². The van der Waals surface area contributed by atoms with E-state index in [1.54, 1.807) is 12.3 Å². The molecular formula is C22H24ClF3N8. The van der Waals surface area contributed by atoms with Crippen LogP contribution in [0.1, 0.15) is 18.9 Å².